The number of hydrogen-bond donors (Lipinski definition) is 2. The first-order valence-corrected chi connectivity index (χ1v) is 13.4. The maximum atomic E-state index is 9.86. The fourth-order valence-corrected chi connectivity index (χ4v) is 5.21. The molecule has 0 aliphatic rings. The molecule has 0 unspecified atom stereocenters. The van der Waals surface area contributed by atoms with E-state index in [4.69, 9.17) is 0 Å². The van der Waals surface area contributed by atoms with Crippen LogP contribution in [-0.2, 0) is 11.8 Å². The number of phenolic OH excluding ortho intramolecular Hbond substituents is 2. The van der Waals surface area contributed by atoms with Crippen LogP contribution in [0.25, 0.3) is 0 Å². The van der Waals surface area contributed by atoms with Gasteiger partial charge in [0.05, 0.1) is 0 Å². The molecule has 5 rings (SSSR count). The van der Waals surface area contributed by atoms with E-state index >= 15 is 0 Å². The van der Waals surface area contributed by atoms with Crippen LogP contribution in [-0.4, -0.2) is 10.2 Å². The average molecular weight is 514 g/mol. The van der Waals surface area contributed by atoms with Crippen molar-refractivity contribution < 1.29 is 10.2 Å². The molecular weight excluding hydrogens is 478 g/mol. The quantitative estimate of drug-likeness (QED) is 0.217. The third-order valence-electron chi connectivity index (χ3n) is 7.88. The summed E-state index contributed by atoms with van der Waals surface area (Å²) in [6, 6.07) is 40.9. The SMILES string of the molecule is Cc1ccc(N(c2ccccc2)c2ccc(CCC(C)(c3ccc(O)cc3)c3ccc(O)cc3)cc2)cc1C. The van der Waals surface area contributed by atoms with Crippen LogP contribution in [0.4, 0.5) is 17.1 Å². The van der Waals surface area contributed by atoms with E-state index in [9.17, 15) is 10.2 Å². The summed E-state index contributed by atoms with van der Waals surface area (Å²) in [6.07, 6.45) is 1.76. The second-order valence-electron chi connectivity index (χ2n) is 10.5. The Kier molecular flexibility index (Phi) is 7.42. The molecule has 196 valence electrons. The lowest BCUT2D eigenvalue weighted by Gasteiger charge is -2.31. The minimum absolute atomic E-state index is 0.258. The molecule has 0 heterocycles. The number of rotatable bonds is 8. The van der Waals surface area contributed by atoms with Gasteiger partial charge in [0.2, 0.25) is 0 Å². The van der Waals surface area contributed by atoms with Gasteiger partial charge in [0.15, 0.2) is 0 Å². The van der Waals surface area contributed by atoms with Crippen LogP contribution >= 0.6 is 0 Å². The highest BCUT2D eigenvalue weighted by atomic mass is 16.3. The highest BCUT2D eigenvalue weighted by Crippen LogP contribution is 2.39. The molecule has 0 spiro atoms. The molecule has 5 aromatic carbocycles. The number of anilines is 3. The van der Waals surface area contributed by atoms with Gasteiger partial charge in [0.1, 0.15) is 11.5 Å². The fraction of sp³-hybridized carbons (Fsp3) is 0.167. The van der Waals surface area contributed by atoms with Crippen LogP contribution in [0.1, 0.15) is 41.2 Å². The molecule has 0 fully saturated rings. The van der Waals surface area contributed by atoms with Crippen LogP contribution in [0, 0.1) is 13.8 Å². The van der Waals surface area contributed by atoms with E-state index in [2.05, 4.69) is 92.4 Å². The Morgan fingerprint density at radius 1 is 0.564 bits per heavy atom. The van der Waals surface area contributed by atoms with E-state index in [1.807, 2.05) is 30.3 Å². The summed E-state index contributed by atoms with van der Waals surface area (Å²) in [6.45, 7) is 6.53. The summed E-state index contributed by atoms with van der Waals surface area (Å²) in [5.41, 5.74) is 9.18. The molecule has 3 heteroatoms. The van der Waals surface area contributed by atoms with Gasteiger partial charge in [-0.1, -0.05) is 67.6 Å². The topological polar surface area (TPSA) is 43.7 Å². The van der Waals surface area contributed by atoms with Gasteiger partial charge in [-0.15, -0.1) is 0 Å². The van der Waals surface area contributed by atoms with Crippen molar-refractivity contribution in [3.63, 3.8) is 0 Å². The second-order valence-corrected chi connectivity index (χ2v) is 10.5. The van der Waals surface area contributed by atoms with E-state index in [1.54, 1.807) is 24.3 Å². The molecule has 0 aliphatic carbocycles. The summed E-state index contributed by atoms with van der Waals surface area (Å²) in [5.74, 6) is 0.517. The Balaban J connectivity index is 1.44. The number of hydrogen-bond acceptors (Lipinski definition) is 3. The molecule has 3 nitrogen and oxygen atoms in total. The van der Waals surface area contributed by atoms with Crippen LogP contribution < -0.4 is 4.90 Å². The van der Waals surface area contributed by atoms with Crippen molar-refractivity contribution in [1.29, 1.82) is 0 Å². The number of aryl methyl sites for hydroxylation is 3. The Labute approximate surface area is 231 Å². The molecule has 2 N–H and O–H groups in total. The lowest BCUT2D eigenvalue weighted by molar-refractivity contribution is 0.470. The molecule has 0 radical (unpaired) electrons. The van der Waals surface area contributed by atoms with E-state index in [1.165, 1.54) is 16.7 Å². The summed E-state index contributed by atoms with van der Waals surface area (Å²) in [4.78, 5) is 2.30. The zero-order valence-electron chi connectivity index (χ0n) is 22.8. The zero-order chi connectivity index (χ0) is 27.4. The minimum atomic E-state index is -0.282. The molecule has 0 aliphatic heterocycles. The van der Waals surface area contributed by atoms with Gasteiger partial charge in [0.25, 0.3) is 0 Å². The Hall–Kier alpha value is -4.50. The molecule has 0 saturated heterocycles. The van der Waals surface area contributed by atoms with Crippen molar-refractivity contribution in [1.82, 2.24) is 0 Å². The van der Waals surface area contributed by atoms with Crippen LogP contribution in [0.5, 0.6) is 11.5 Å². The largest absolute Gasteiger partial charge is 0.508 e. The first-order chi connectivity index (χ1) is 18.8. The number of nitrogens with zero attached hydrogens (tertiary/aromatic N) is 1. The highest BCUT2D eigenvalue weighted by Gasteiger charge is 2.29. The summed E-state index contributed by atoms with van der Waals surface area (Å²) in [7, 11) is 0. The number of phenols is 2. The smallest absolute Gasteiger partial charge is 0.115 e. The zero-order valence-corrected chi connectivity index (χ0v) is 22.8. The lowest BCUT2D eigenvalue weighted by Crippen LogP contribution is -2.24. The third-order valence-corrected chi connectivity index (χ3v) is 7.88. The van der Waals surface area contributed by atoms with E-state index < -0.39 is 0 Å². The van der Waals surface area contributed by atoms with Gasteiger partial charge < -0.3 is 15.1 Å². The van der Waals surface area contributed by atoms with Crippen molar-refractivity contribution in [3.8, 4) is 11.5 Å². The lowest BCUT2D eigenvalue weighted by atomic mass is 9.72. The third kappa shape index (κ3) is 5.68. The molecule has 0 bridgehead atoms. The number of benzene rings is 5. The van der Waals surface area contributed by atoms with Crippen molar-refractivity contribution in [2.75, 3.05) is 4.90 Å². The molecule has 0 saturated carbocycles. The van der Waals surface area contributed by atoms with Crippen molar-refractivity contribution >= 4 is 17.1 Å². The Morgan fingerprint density at radius 2 is 1.08 bits per heavy atom. The molecule has 0 amide bonds. The van der Waals surface area contributed by atoms with Crippen molar-refractivity contribution in [2.24, 2.45) is 0 Å². The van der Waals surface area contributed by atoms with Crippen LogP contribution in [0.15, 0.2) is 121 Å². The first-order valence-electron chi connectivity index (χ1n) is 13.4. The highest BCUT2D eigenvalue weighted by molar-refractivity contribution is 5.77. The van der Waals surface area contributed by atoms with E-state index in [0.717, 1.165) is 41.0 Å². The van der Waals surface area contributed by atoms with Gasteiger partial charge in [-0.3, -0.25) is 0 Å². The fourth-order valence-electron chi connectivity index (χ4n) is 5.21. The maximum absolute atomic E-state index is 9.86. The normalized spacial score (nSPS) is 11.4. The number of para-hydroxylation sites is 1. The monoisotopic (exact) mass is 513 g/mol. The predicted molar refractivity (Wildman–Crippen MR) is 162 cm³/mol. The Bertz CT molecular complexity index is 1480. The Morgan fingerprint density at radius 3 is 1.62 bits per heavy atom. The molecule has 0 atom stereocenters. The predicted octanol–water partition coefficient (Wildman–Crippen LogP) is 9.12. The maximum Gasteiger partial charge on any atom is 0.115 e. The first kappa shape index (κ1) is 26.1. The van der Waals surface area contributed by atoms with Gasteiger partial charge in [-0.05, 0) is 115 Å². The van der Waals surface area contributed by atoms with E-state index in [-0.39, 0.29) is 16.9 Å². The summed E-state index contributed by atoms with van der Waals surface area (Å²) < 4.78 is 0. The van der Waals surface area contributed by atoms with Crippen molar-refractivity contribution in [3.05, 3.63) is 149 Å². The van der Waals surface area contributed by atoms with E-state index in [0.29, 0.717) is 0 Å². The van der Waals surface area contributed by atoms with Crippen LogP contribution in [0.3, 0.4) is 0 Å². The van der Waals surface area contributed by atoms with Crippen molar-refractivity contribution in [2.45, 2.75) is 39.0 Å². The second kappa shape index (κ2) is 11.1. The molecule has 39 heavy (non-hydrogen) atoms. The van der Waals surface area contributed by atoms with Gasteiger partial charge in [-0.25, -0.2) is 0 Å². The average Bonchev–Trinajstić information content (AvgIpc) is 2.96. The van der Waals surface area contributed by atoms with Gasteiger partial charge >= 0.3 is 0 Å². The van der Waals surface area contributed by atoms with Gasteiger partial charge in [0, 0.05) is 22.5 Å². The summed E-state index contributed by atoms with van der Waals surface area (Å²) in [5, 5.41) is 19.7. The molecule has 0 aromatic heterocycles. The van der Waals surface area contributed by atoms with Gasteiger partial charge in [-0.2, -0.15) is 0 Å². The number of aromatic hydroxyl groups is 2. The minimum Gasteiger partial charge on any atom is -0.508 e. The molecular formula is C36H35NO2. The van der Waals surface area contributed by atoms with Crippen LogP contribution in [0.2, 0.25) is 0 Å². The summed E-state index contributed by atoms with van der Waals surface area (Å²) >= 11 is 0. The molecule has 5 aromatic rings. The standard InChI is InChI=1S/C36H35NO2/c1-26-9-16-33(25-27(26)2)37(31-7-5-4-6-8-31)32-17-10-28(11-18-32)23-24-36(3,29-12-19-34(38)20-13-29)30-14-21-35(39)22-15-30/h4-22,25,38-39H,23-24H2,1-3H3.